The van der Waals surface area contributed by atoms with Crippen molar-refractivity contribution in [3.8, 4) is 0 Å². The minimum atomic E-state index is 0.279. The highest BCUT2D eigenvalue weighted by Crippen LogP contribution is 2.07. The minimum Gasteiger partial charge on any atom is -0.319 e. The lowest BCUT2D eigenvalue weighted by molar-refractivity contribution is 0.477. The first-order chi connectivity index (χ1) is 6.61. The Morgan fingerprint density at radius 3 is 2.64 bits per heavy atom. The largest absolute Gasteiger partial charge is 0.319 e. The molecule has 0 fully saturated rings. The van der Waals surface area contributed by atoms with Crippen LogP contribution in [0.1, 0.15) is 39.1 Å². The van der Waals surface area contributed by atoms with Gasteiger partial charge >= 0.3 is 0 Å². The van der Waals surface area contributed by atoms with Crippen LogP contribution < -0.4 is 5.32 Å². The van der Waals surface area contributed by atoms with Gasteiger partial charge in [-0.05, 0) is 25.8 Å². The van der Waals surface area contributed by atoms with Crippen LogP contribution in [-0.4, -0.2) is 21.3 Å². The van der Waals surface area contributed by atoms with E-state index in [1.54, 1.807) is 6.33 Å². The van der Waals surface area contributed by atoms with Gasteiger partial charge in [0.05, 0.1) is 6.04 Å². The zero-order valence-corrected chi connectivity index (χ0v) is 9.49. The van der Waals surface area contributed by atoms with Crippen molar-refractivity contribution >= 4 is 0 Å². The van der Waals surface area contributed by atoms with E-state index in [-0.39, 0.29) is 6.04 Å². The number of nitrogens with one attached hydrogen (secondary N) is 1. The molecule has 80 valence electrons. The molecule has 1 N–H and O–H groups in total. The van der Waals surface area contributed by atoms with Crippen molar-refractivity contribution in [2.24, 2.45) is 13.0 Å². The number of rotatable bonds is 5. The number of hydrogen-bond donors (Lipinski definition) is 1. The van der Waals surface area contributed by atoms with Gasteiger partial charge in [-0.3, -0.25) is 0 Å². The normalized spacial score (nSPS) is 13.5. The van der Waals surface area contributed by atoms with E-state index in [9.17, 15) is 0 Å². The lowest BCUT2D eigenvalue weighted by Gasteiger charge is -2.13. The second-order valence-corrected chi connectivity index (χ2v) is 4.16. The van der Waals surface area contributed by atoms with Crippen LogP contribution in [0.15, 0.2) is 6.33 Å². The van der Waals surface area contributed by atoms with E-state index >= 15 is 0 Å². The van der Waals surface area contributed by atoms with E-state index in [1.807, 2.05) is 11.6 Å². The molecule has 4 nitrogen and oxygen atoms in total. The number of aryl methyl sites for hydroxylation is 1. The average molecular weight is 196 g/mol. The Labute approximate surface area is 85.7 Å². The molecular formula is C10H20N4. The highest BCUT2D eigenvalue weighted by atomic mass is 15.3. The van der Waals surface area contributed by atoms with E-state index in [0.29, 0.717) is 0 Å². The maximum atomic E-state index is 4.06. The topological polar surface area (TPSA) is 42.7 Å². The molecule has 14 heavy (non-hydrogen) atoms. The van der Waals surface area contributed by atoms with Crippen molar-refractivity contribution in [3.63, 3.8) is 0 Å². The predicted octanol–water partition coefficient (Wildman–Crippen LogP) is 1.51. The first kappa shape index (κ1) is 11.2. The Morgan fingerprint density at radius 1 is 1.43 bits per heavy atom. The third-order valence-electron chi connectivity index (χ3n) is 2.31. The van der Waals surface area contributed by atoms with E-state index in [0.717, 1.165) is 18.3 Å². The second kappa shape index (κ2) is 5.10. The molecule has 1 atom stereocenters. The molecule has 0 aromatic carbocycles. The van der Waals surface area contributed by atoms with E-state index in [2.05, 4.69) is 36.3 Å². The second-order valence-electron chi connectivity index (χ2n) is 4.16. The average Bonchev–Trinajstić information content (AvgIpc) is 2.50. The van der Waals surface area contributed by atoms with Crippen LogP contribution in [0.25, 0.3) is 0 Å². The molecule has 0 aliphatic carbocycles. The lowest BCUT2D eigenvalue weighted by atomic mass is 10.1. The third-order valence-corrected chi connectivity index (χ3v) is 2.31. The first-order valence-corrected chi connectivity index (χ1v) is 5.18. The standard InChI is InChI=1S/C10H20N4/c1-8(2)5-6-11-9(3)10-13-12-7-14(10)4/h7-9,11H,5-6H2,1-4H3. The molecule has 1 aromatic heterocycles. The molecule has 0 amide bonds. The summed E-state index contributed by atoms with van der Waals surface area (Å²) in [5, 5.41) is 11.4. The van der Waals surface area contributed by atoms with Crippen LogP contribution in [0.5, 0.6) is 0 Å². The molecule has 1 unspecified atom stereocenters. The summed E-state index contributed by atoms with van der Waals surface area (Å²) in [5.74, 6) is 1.74. The molecule has 0 saturated carbocycles. The van der Waals surface area contributed by atoms with Gasteiger partial charge in [0.25, 0.3) is 0 Å². The molecule has 0 radical (unpaired) electrons. The maximum absolute atomic E-state index is 4.06. The van der Waals surface area contributed by atoms with Crippen LogP contribution >= 0.6 is 0 Å². The molecule has 1 heterocycles. The highest BCUT2D eigenvalue weighted by Gasteiger charge is 2.09. The number of hydrogen-bond acceptors (Lipinski definition) is 3. The Balaban J connectivity index is 2.36. The number of nitrogens with zero attached hydrogens (tertiary/aromatic N) is 3. The Kier molecular flexibility index (Phi) is 4.07. The van der Waals surface area contributed by atoms with Gasteiger partial charge in [-0.15, -0.1) is 10.2 Å². The van der Waals surface area contributed by atoms with Gasteiger partial charge in [-0.2, -0.15) is 0 Å². The van der Waals surface area contributed by atoms with E-state index in [1.165, 1.54) is 6.42 Å². The van der Waals surface area contributed by atoms with Gasteiger partial charge in [-0.1, -0.05) is 13.8 Å². The quantitative estimate of drug-likeness (QED) is 0.776. The fourth-order valence-electron chi connectivity index (χ4n) is 1.36. The van der Waals surface area contributed by atoms with Gasteiger partial charge in [0.1, 0.15) is 12.2 Å². The van der Waals surface area contributed by atoms with Gasteiger partial charge in [0, 0.05) is 7.05 Å². The highest BCUT2D eigenvalue weighted by molar-refractivity contribution is 4.91. The minimum absolute atomic E-state index is 0.279. The summed E-state index contributed by atoms with van der Waals surface area (Å²) in [4.78, 5) is 0. The van der Waals surface area contributed by atoms with Crippen molar-refractivity contribution in [3.05, 3.63) is 12.2 Å². The molecule has 0 saturated heterocycles. The van der Waals surface area contributed by atoms with Gasteiger partial charge in [0.2, 0.25) is 0 Å². The zero-order valence-electron chi connectivity index (χ0n) is 9.49. The van der Waals surface area contributed by atoms with Crippen LogP contribution in [0, 0.1) is 5.92 Å². The SMILES string of the molecule is CC(C)CCNC(C)c1nncn1C. The van der Waals surface area contributed by atoms with Crippen LogP contribution in [-0.2, 0) is 7.05 Å². The van der Waals surface area contributed by atoms with Gasteiger partial charge in [-0.25, -0.2) is 0 Å². The monoisotopic (exact) mass is 196 g/mol. The molecule has 0 aliphatic heterocycles. The fraction of sp³-hybridized carbons (Fsp3) is 0.800. The van der Waals surface area contributed by atoms with Crippen molar-refractivity contribution in [1.82, 2.24) is 20.1 Å². The summed E-state index contributed by atoms with van der Waals surface area (Å²) in [6.45, 7) is 7.61. The fourth-order valence-corrected chi connectivity index (χ4v) is 1.36. The summed E-state index contributed by atoms with van der Waals surface area (Å²) in [6, 6.07) is 0.279. The van der Waals surface area contributed by atoms with Gasteiger partial charge in [0.15, 0.2) is 0 Å². The molecule has 1 rings (SSSR count). The van der Waals surface area contributed by atoms with Crippen molar-refractivity contribution in [2.75, 3.05) is 6.54 Å². The lowest BCUT2D eigenvalue weighted by Crippen LogP contribution is -2.23. The molecule has 4 heteroatoms. The van der Waals surface area contributed by atoms with Crippen molar-refractivity contribution in [1.29, 1.82) is 0 Å². The molecule has 1 aromatic rings. The first-order valence-electron chi connectivity index (χ1n) is 5.18. The Bertz CT molecular complexity index is 267. The summed E-state index contributed by atoms with van der Waals surface area (Å²) in [7, 11) is 1.97. The molecule has 0 aliphatic rings. The van der Waals surface area contributed by atoms with Crippen molar-refractivity contribution < 1.29 is 0 Å². The molecule has 0 bridgehead atoms. The third kappa shape index (κ3) is 3.10. The smallest absolute Gasteiger partial charge is 0.149 e. The van der Waals surface area contributed by atoms with E-state index < -0.39 is 0 Å². The predicted molar refractivity (Wildman–Crippen MR) is 56.9 cm³/mol. The van der Waals surface area contributed by atoms with Crippen molar-refractivity contribution in [2.45, 2.75) is 33.2 Å². The summed E-state index contributed by atoms with van der Waals surface area (Å²) in [6.07, 6.45) is 2.93. The van der Waals surface area contributed by atoms with Crippen LogP contribution in [0.4, 0.5) is 0 Å². The van der Waals surface area contributed by atoms with E-state index in [4.69, 9.17) is 0 Å². The Hall–Kier alpha value is -0.900. The summed E-state index contributed by atoms with van der Waals surface area (Å²) < 4.78 is 1.95. The summed E-state index contributed by atoms with van der Waals surface area (Å²) >= 11 is 0. The zero-order chi connectivity index (χ0) is 10.6. The van der Waals surface area contributed by atoms with Gasteiger partial charge < -0.3 is 9.88 Å². The molecular weight excluding hydrogens is 176 g/mol. The van der Waals surface area contributed by atoms with Crippen LogP contribution in [0.3, 0.4) is 0 Å². The van der Waals surface area contributed by atoms with Crippen LogP contribution in [0.2, 0.25) is 0 Å². The molecule has 0 spiro atoms. The maximum Gasteiger partial charge on any atom is 0.149 e. The number of aromatic nitrogens is 3. The summed E-state index contributed by atoms with van der Waals surface area (Å²) in [5.41, 5.74) is 0. The Morgan fingerprint density at radius 2 is 2.14 bits per heavy atom.